The number of nitrogens with one attached hydrogen (secondary N) is 2. The van der Waals surface area contributed by atoms with Crippen LogP contribution in [0.3, 0.4) is 0 Å². The van der Waals surface area contributed by atoms with Crippen LogP contribution >= 0.6 is 11.6 Å². The Morgan fingerprint density at radius 2 is 2.11 bits per heavy atom. The van der Waals surface area contributed by atoms with Gasteiger partial charge in [-0.3, -0.25) is 0 Å². The zero-order valence-electron chi connectivity index (χ0n) is 10.8. The summed E-state index contributed by atoms with van der Waals surface area (Å²) in [5.74, 6) is 0. The van der Waals surface area contributed by atoms with E-state index in [0.717, 1.165) is 37.3 Å². The van der Waals surface area contributed by atoms with E-state index >= 15 is 0 Å². The van der Waals surface area contributed by atoms with Gasteiger partial charge >= 0.3 is 6.03 Å². The molecule has 0 spiro atoms. The first-order valence-electron chi connectivity index (χ1n) is 6.24. The predicted octanol–water partition coefficient (Wildman–Crippen LogP) is 3.46. The summed E-state index contributed by atoms with van der Waals surface area (Å²) in [6, 6.07) is 5.14. The molecule has 0 atom stereocenters. The van der Waals surface area contributed by atoms with Crippen LogP contribution in [0.4, 0.5) is 10.5 Å². The van der Waals surface area contributed by atoms with Crippen LogP contribution < -0.4 is 10.6 Å². The molecular weight excluding hydrogens is 264 g/mol. The Morgan fingerprint density at radius 3 is 2.84 bits per heavy atom. The molecule has 2 amide bonds. The summed E-state index contributed by atoms with van der Waals surface area (Å²) in [7, 11) is 0. The van der Waals surface area contributed by atoms with Crippen LogP contribution in [0.5, 0.6) is 0 Å². The minimum Gasteiger partial charge on any atom is -0.381 e. The third kappa shape index (κ3) is 4.26. The lowest BCUT2D eigenvalue weighted by molar-refractivity contribution is 0.119. The molecule has 2 N–H and O–H groups in total. The van der Waals surface area contributed by atoms with Crippen molar-refractivity contribution in [3.8, 4) is 0 Å². The second kappa shape index (κ2) is 6.59. The average molecular weight is 281 g/mol. The van der Waals surface area contributed by atoms with Gasteiger partial charge in [-0.05, 0) is 43.0 Å². The maximum atomic E-state index is 11.8. The second-order valence-electron chi connectivity index (χ2n) is 4.47. The zero-order chi connectivity index (χ0) is 13.7. The van der Waals surface area contributed by atoms with E-state index in [1.165, 1.54) is 5.57 Å². The van der Waals surface area contributed by atoms with E-state index in [9.17, 15) is 4.79 Å². The molecule has 4 nitrogen and oxygen atoms in total. The van der Waals surface area contributed by atoms with Crippen LogP contribution in [0, 0.1) is 6.92 Å². The first-order chi connectivity index (χ1) is 9.15. The molecule has 5 heteroatoms. The van der Waals surface area contributed by atoms with Crippen LogP contribution in [0.2, 0.25) is 5.02 Å². The van der Waals surface area contributed by atoms with Gasteiger partial charge in [0, 0.05) is 16.9 Å². The number of amides is 2. The summed E-state index contributed by atoms with van der Waals surface area (Å²) in [6.07, 6.45) is 3.50. The fraction of sp³-hybridized carbons (Fsp3) is 0.357. The number of carbonyl (C=O) groups is 1. The van der Waals surface area contributed by atoms with Crippen molar-refractivity contribution in [3.05, 3.63) is 40.6 Å². The predicted molar refractivity (Wildman–Crippen MR) is 76.5 cm³/mol. The van der Waals surface area contributed by atoms with Crippen molar-refractivity contribution in [2.75, 3.05) is 18.5 Å². The third-order valence-electron chi connectivity index (χ3n) is 2.99. The van der Waals surface area contributed by atoms with Crippen LogP contribution in [-0.4, -0.2) is 19.2 Å². The summed E-state index contributed by atoms with van der Waals surface area (Å²) in [5, 5.41) is 6.12. The van der Waals surface area contributed by atoms with E-state index in [0.29, 0.717) is 5.02 Å². The van der Waals surface area contributed by atoms with E-state index in [1.807, 2.05) is 13.0 Å². The Morgan fingerprint density at radius 1 is 1.37 bits per heavy atom. The molecule has 1 aliphatic heterocycles. The van der Waals surface area contributed by atoms with Crippen molar-refractivity contribution in [2.24, 2.45) is 0 Å². The van der Waals surface area contributed by atoms with E-state index in [4.69, 9.17) is 16.3 Å². The monoisotopic (exact) mass is 280 g/mol. The maximum Gasteiger partial charge on any atom is 0.323 e. The molecule has 0 unspecified atom stereocenters. The number of anilines is 1. The number of carbonyl (C=O) groups excluding carboxylic acids is 1. The highest BCUT2D eigenvalue weighted by molar-refractivity contribution is 6.31. The SMILES string of the molecule is Cc1ccc(Cl)cc1NC(=O)NC=C1CCOCC1. The first-order valence-corrected chi connectivity index (χ1v) is 6.62. The molecule has 0 bridgehead atoms. The lowest BCUT2D eigenvalue weighted by Crippen LogP contribution is -2.25. The summed E-state index contributed by atoms with van der Waals surface area (Å²) in [6.45, 7) is 3.37. The minimum absolute atomic E-state index is 0.260. The Kier molecular flexibility index (Phi) is 4.82. The molecule has 1 aliphatic rings. The van der Waals surface area contributed by atoms with Gasteiger partial charge in [-0.25, -0.2) is 4.79 Å². The third-order valence-corrected chi connectivity index (χ3v) is 3.23. The van der Waals surface area contributed by atoms with Crippen LogP contribution in [-0.2, 0) is 4.74 Å². The van der Waals surface area contributed by atoms with Crippen molar-refractivity contribution in [1.82, 2.24) is 5.32 Å². The number of ether oxygens (including phenoxy) is 1. The fourth-order valence-corrected chi connectivity index (χ4v) is 2.00. The van der Waals surface area contributed by atoms with Crippen molar-refractivity contribution in [2.45, 2.75) is 19.8 Å². The number of benzene rings is 1. The number of halogens is 1. The Bertz CT molecular complexity index is 492. The Hall–Kier alpha value is -1.52. The molecule has 0 aromatic heterocycles. The van der Waals surface area contributed by atoms with Gasteiger partial charge in [0.05, 0.1) is 13.2 Å². The lowest BCUT2D eigenvalue weighted by atomic mass is 10.1. The highest BCUT2D eigenvalue weighted by atomic mass is 35.5. The summed E-state index contributed by atoms with van der Waals surface area (Å²) < 4.78 is 5.25. The van der Waals surface area contributed by atoms with E-state index in [-0.39, 0.29) is 6.03 Å². The number of hydrogen-bond acceptors (Lipinski definition) is 2. The average Bonchev–Trinajstić information content (AvgIpc) is 2.42. The summed E-state index contributed by atoms with van der Waals surface area (Å²) in [5.41, 5.74) is 2.89. The van der Waals surface area contributed by atoms with Crippen LogP contribution in [0.1, 0.15) is 18.4 Å². The maximum absolute atomic E-state index is 11.8. The molecule has 102 valence electrons. The summed E-state index contributed by atoms with van der Waals surface area (Å²) in [4.78, 5) is 11.8. The second-order valence-corrected chi connectivity index (χ2v) is 4.91. The highest BCUT2D eigenvalue weighted by Gasteiger charge is 2.07. The van der Waals surface area contributed by atoms with Crippen molar-refractivity contribution < 1.29 is 9.53 Å². The molecular formula is C14H17ClN2O2. The van der Waals surface area contributed by atoms with Crippen LogP contribution in [0.15, 0.2) is 30.0 Å². The smallest absolute Gasteiger partial charge is 0.323 e. The molecule has 1 aromatic carbocycles. The van der Waals surface area contributed by atoms with Gasteiger partial charge < -0.3 is 15.4 Å². The fourth-order valence-electron chi connectivity index (χ4n) is 1.83. The Balaban J connectivity index is 1.92. The van der Waals surface area contributed by atoms with Gasteiger partial charge in [0.15, 0.2) is 0 Å². The molecule has 0 radical (unpaired) electrons. The molecule has 0 saturated carbocycles. The lowest BCUT2D eigenvalue weighted by Gasteiger charge is -2.15. The molecule has 2 rings (SSSR count). The summed E-state index contributed by atoms with van der Waals surface area (Å²) >= 11 is 5.90. The van der Waals surface area contributed by atoms with Gasteiger partial charge in [-0.2, -0.15) is 0 Å². The molecule has 1 aromatic rings. The van der Waals surface area contributed by atoms with E-state index < -0.39 is 0 Å². The van der Waals surface area contributed by atoms with Gasteiger partial charge in [-0.1, -0.05) is 17.7 Å². The number of urea groups is 1. The van der Waals surface area contributed by atoms with Crippen LogP contribution in [0.25, 0.3) is 0 Å². The van der Waals surface area contributed by atoms with Gasteiger partial charge in [0.1, 0.15) is 0 Å². The number of aryl methyl sites for hydroxylation is 1. The normalized spacial score (nSPS) is 14.9. The number of rotatable bonds is 2. The zero-order valence-corrected chi connectivity index (χ0v) is 11.6. The van der Waals surface area contributed by atoms with Crippen molar-refractivity contribution in [3.63, 3.8) is 0 Å². The van der Waals surface area contributed by atoms with E-state index in [2.05, 4.69) is 10.6 Å². The first kappa shape index (κ1) is 13.9. The number of hydrogen-bond donors (Lipinski definition) is 2. The quantitative estimate of drug-likeness (QED) is 0.871. The van der Waals surface area contributed by atoms with Crippen molar-refractivity contribution >= 4 is 23.3 Å². The molecule has 1 heterocycles. The minimum atomic E-state index is -0.260. The van der Waals surface area contributed by atoms with Gasteiger partial charge in [0.2, 0.25) is 0 Å². The molecule has 1 fully saturated rings. The highest BCUT2D eigenvalue weighted by Crippen LogP contribution is 2.20. The molecule has 19 heavy (non-hydrogen) atoms. The molecule has 1 saturated heterocycles. The van der Waals surface area contributed by atoms with E-state index in [1.54, 1.807) is 18.3 Å². The standard InChI is InChI=1S/C14H17ClN2O2/c1-10-2-3-12(15)8-13(10)17-14(18)16-9-11-4-6-19-7-5-11/h2-3,8-9H,4-7H2,1H3,(H2,16,17,18). The molecule has 0 aliphatic carbocycles. The van der Waals surface area contributed by atoms with Gasteiger partial charge in [-0.15, -0.1) is 0 Å². The van der Waals surface area contributed by atoms with Gasteiger partial charge in [0.25, 0.3) is 0 Å². The largest absolute Gasteiger partial charge is 0.381 e. The topological polar surface area (TPSA) is 50.4 Å². The van der Waals surface area contributed by atoms with Crippen molar-refractivity contribution in [1.29, 1.82) is 0 Å². The Labute approximate surface area is 117 Å².